The van der Waals surface area contributed by atoms with Crippen molar-refractivity contribution in [3.63, 3.8) is 0 Å². The van der Waals surface area contributed by atoms with E-state index < -0.39 is 0 Å². The topological polar surface area (TPSA) is 17.8 Å². The van der Waals surface area contributed by atoms with Crippen molar-refractivity contribution in [1.29, 1.82) is 0 Å². The third-order valence-electron chi connectivity index (χ3n) is 4.81. The molecule has 2 heteroatoms. The highest BCUT2D eigenvalue weighted by atomic mass is 15.1. The van der Waals surface area contributed by atoms with E-state index in [4.69, 9.17) is 0 Å². The summed E-state index contributed by atoms with van der Waals surface area (Å²) in [7, 11) is 0. The third-order valence-corrected chi connectivity index (χ3v) is 4.81. The summed E-state index contributed by atoms with van der Waals surface area (Å²) in [6, 6.07) is 11.5. The summed E-state index contributed by atoms with van der Waals surface area (Å²) in [5, 5.41) is 0. The smallest absolute Gasteiger partial charge is 0.0948 e. The average Bonchev–Trinajstić information content (AvgIpc) is 3.10. The largest absolute Gasteiger partial charge is 0.334 e. The Morgan fingerprint density at radius 2 is 1.78 bits per heavy atom. The summed E-state index contributed by atoms with van der Waals surface area (Å²) in [5.74, 6) is 0.693. The minimum atomic E-state index is 0.578. The van der Waals surface area contributed by atoms with Gasteiger partial charge < -0.3 is 4.57 Å². The first-order valence-corrected chi connectivity index (χ1v) is 9.36. The van der Waals surface area contributed by atoms with Gasteiger partial charge in [-0.3, -0.25) is 0 Å². The maximum Gasteiger partial charge on any atom is 0.0948 e. The van der Waals surface area contributed by atoms with Gasteiger partial charge in [-0.25, -0.2) is 4.98 Å². The lowest BCUT2D eigenvalue weighted by atomic mass is 9.85. The molecule has 0 aliphatic rings. The van der Waals surface area contributed by atoms with Crippen LogP contribution in [-0.4, -0.2) is 9.55 Å². The van der Waals surface area contributed by atoms with Crippen molar-refractivity contribution < 1.29 is 0 Å². The molecule has 2 aromatic rings. The maximum absolute atomic E-state index is 4.30. The van der Waals surface area contributed by atoms with Crippen LogP contribution in [0.1, 0.15) is 70.4 Å². The van der Waals surface area contributed by atoms with Crippen LogP contribution in [0.15, 0.2) is 49.1 Å². The van der Waals surface area contributed by atoms with Crippen LogP contribution in [0.3, 0.4) is 0 Å². The predicted molar refractivity (Wildman–Crippen MR) is 98.6 cm³/mol. The Hall–Kier alpha value is -1.57. The minimum absolute atomic E-state index is 0.578. The van der Waals surface area contributed by atoms with Crippen LogP contribution in [-0.2, 0) is 6.42 Å². The minimum Gasteiger partial charge on any atom is -0.334 e. The fourth-order valence-corrected chi connectivity index (χ4v) is 3.59. The van der Waals surface area contributed by atoms with Crippen molar-refractivity contribution in [1.82, 2.24) is 9.55 Å². The van der Waals surface area contributed by atoms with Crippen LogP contribution in [0.4, 0.5) is 0 Å². The van der Waals surface area contributed by atoms with Crippen LogP contribution in [0.25, 0.3) is 0 Å². The second kappa shape index (κ2) is 10.3. The van der Waals surface area contributed by atoms with Crippen LogP contribution in [0.5, 0.6) is 0 Å². The van der Waals surface area contributed by atoms with Gasteiger partial charge in [-0.2, -0.15) is 0 Å². The van der Waals surface area contributed by atoms with E-state index in [2.05, 4.69) is 59.9 Å². The quantitative estimate of drug-likeness (QED) is 0.461. The van der Waals surface area contributed by atoms with Gasteiger partial charge in [0.05, 0.1) is 6.33 Å². The van der Waals surface area contributed by atoms with E-state index in [9.17, 15) is 0 Å². The molecule has 1 aromatic heterocycles. The van der Waals surface area contributed by atoms with Gasteiger partial charge >= 0.3 is 0 Å². The molecule has 0 saturated carbocycles. The van der Waals surface area contributed by atoms with Crippen molar-refractivity contribution in [2.75, 3.05) is 0 Å². The van der Waals surface area contributed by atoms with E-state index in [0.29, 0.717) is 12.0 Å². The van der Waals surface area contributed by atoms with Gasteiger partial charge in [-0.1, -0.05) is 76.3 Å². The molecule has 0 aliphatic heterocycles. The van der Waals surface area contributed by atoms with Crippen LogP contribution < -0.4 is 0 Å². The molecular formula is C21H32N2. The van der Waals surface area contributed by atoms with Crippen molar-refractivity contribution >= 4 is 0 Å². The number of hydrogen-bond donors (Lipinski definition) is 0. The molecule has 2 unspecified atom stereocenters. The van der Waals surface area contributed by atoms with E-state index in [-0.39, 0.29) is 0 Å². The first-order chi connectivity index (χ1) is 11.3. The van der Waals surface area contributed by atoms with Gasteiger partial charge in [0.2, 0.25) is 0 Å². The van der Waals surface area contributed by atoms with Crippen molar-refractivity contribution in [3.05, 3.63) is 54.6 Å². The molecule has 0 bridgehead atoms. The zero-order chi connectivity index (χ0) is 16.3. The molecule has 1 heterocycles. The lowest BCUT2D eigenvalue weighted by Crippen LogP contribution is -2.21. The Kier molecular flexibility index (Phi) is 7.92. The van der Waals surface area contributed by atoms with Gasteiger partial charge in [-0.05, 0) is 30.7 Å². The predicted octanol–water partition coefficient (Wildman–Crippen LogP) is 6.05. The molecule has 2 rings (SSSR count). The van der Waals surface area contributed by atoms with Gasteiger partial charge in [0.1, 0.15) is 0 Å². The third kappa shape index (κ3) is 5.85. The number of nitrogens with zero attached hydrogens (tertiary/aromatic N) is 2. The van der Waals surface area contributed by atoms with E-state index in [1.54, 1.807) is 0 Å². The van der Waals surface area contributed by atoms with Crippen LogP contribution in [0.2, 0.25) is 0 Å². The first kappa shape index (κ1) is 17.8. The van der Waals surface area contributed by atoms with Crippen molar-refractivity contribution in [2.24, 2.45) is 5.92 Å². The van der Waals surface area contributed by atoms with Crippen molar-refractivity contribution in [2.45, 2.75) is 71.3 Å². The Bertz CT molecular complexity index is 504. The van der Waals surface area contributed by atoms with E-state index in [1.165, 1.54) is 56.9 Å². The molecule has 0 N–H and O–H groups in total. The number of hydrogen-bond acceptors (Lipinski definition) is 1. The fourth-order valence-electron chi connectivity index (χ4n) is 3.59. The lowest BCUT2D eigenvalue weighted by molar-refractivity contribution is 0.281. The molecule has 23 heavy (non-hydrogen) atoms. The molecule has 0 spiro atoms. The highest BCUT2D eigenvalue weighted by Crippen LogP contribution is 2.31. The molecule has 2 atom stereocenters. The molecule has 0 saturated heterocycles. The second-order valence-electron chi connectivity index (χ2n) is 6.67. The number of unbranched alkanes of at least 4 members (excludes halogenated alkanes) is 3. The zero-order valence-corrected chi connectivity index (χ0v) is 14.8. The molecule has 1 aromatic carbocycles. The van der Waals surface area contributed by atoms with E-state index >= 15 is 0 Å². The summed E-state index contributed by atoms with van der Waals surface area (Å²) in [4.78, 5) is 4.30. The van der Waals surface area contributed by atoms with Crippen LogP contribution in [0, 0.1) is 5.92 Å². The molecule has 0 fully saturated rings. The van der Waals surface area contributed by atoms with Gasteiger partial charge in [0.15, 0.2) is 0 Å². The maximum atomic E-state index is 4.30. The summed E-state index contributed by atoms with van der Waals surface area (Å²) in [5.41, 5.74) is 1.46. The van der Waals surface area contributed by atoms with Gasteiger partial charge in [-0.15, -0.1) is 0 Å². The van der Waals surface area contributed by atoms with E-state index in [0.717, 1.165) is 0 Å². The Morgan fingerprint density at radius 3 is 2.43 bits per heavy atom. The molecular weight excluding hydrogens is 280 g/mol. The average molecular weight is 313 g/mol. The van der Waals surface area contributed by atoms with Gasteiger partial charge in [0, 0.05) is 18.4 Å². The highest BCUT2D eigenvalue weighted by Gasteiger charge is 2.22. The normalized spacial score (nSPS) is 13.8. The summed E-state index contributed by atoms with van der Waals surface area (Å²) >= 11 is 0. The molecule has 0 amide bonds. The number of imidazole rings is 1. The monoisotopic (exact) mass is 312 g/mol. The number of rotatable bonds is 11. The molecule has 0 radical (unpaired) electrons. The first-order valence-electron chi connectivity index (χ1n) is 9.36. The van der Waals surface area contributed by atoms with Crippen LogP contribution >= 0.6 is 0 Å². The zero-order valence-electron chi connectivity index (χ0n) is 14.8. The van der Waals surface area contributed by atoms with Crippen molar-refractivity contribution in [3.8, 4) is 0 Å². The second-order valence-corrected chi connectivity index (χ2v) is 6.67. The molecule has 2 nitrogen and oxygen atoms in total. The molecule has 0 aliphatic carbocycles. The summed E-state index contributed by atoms with van der Waals surface area (Å²) in [6.45, 7) is 4.59. The van der Waals surface area contributed by atoms with E-state index in [1.807, 2.05) is 12.5 Å². The Labute approximate surface area is 142 Å². The summed E-state index contributed by atoms with van der Waals surface area (Å²) in [6.07, 6.45) is 16.4. The Morgan fingerprint density at radius 1 is 0.957 bits per heavy atom. The fraction of sp³-hybridized carbons (Fsp3) is 0.571. The number of aromatic nitrogens is 2. The summed E-state index contributed by atoms with van der Waals surface area (Å²) < 4.78 is 2.36. The number of benzene rings is 1. The molecule has 126 valence electrons. The SMILES string of the molecule is CCCCCCC(C(CCC)Cc1ccccc1)n1ccnc1. The lowest BCUT2D eigenvalue weighted by Gasteiger charge is -2.28. The highest BCUT2D eigenvalue weighted by molar-refractivity contribution is 5.15. The van der Waals surface area contributed by atoms with Gasteiger partial charge in [0.25, 0.3) is 0 Å². The Balaban J connectivity index is 2.08. The standard InChI is InChI=1S/C21H32N2/c1-3-5-6-10-14-21(23-16-15-22-18-23)20(11-4-2)17-19-12-8-7-9-13-19/h7-9,12-13,15-16,18,20-21H,3-6,10-11,14,17H2,1-2H3.